The van der Waals surface area contributed by atoms with Crippen LogP contribution >= 0.6 is 0 Å². The summed E-state index contributed by atoms with van der Waals surface area (Å²) in [5.74, 6) is 67.2. The second kappa shape index (κ2) is 30.2. The molecule has 1 saturated heterocycles. The zero-order valence-electron chi connectivity index (χ0n) is 37.4. The summed E-state index contributed by atoms with van der Waals surface area (Å²) in [6, 6.07) is 17.3. The zero-order valence-corrected chi connectivity index (χ0v) is 37.4. The van der Waals surface area contributed by atoms with E-state index in [2.05, 4.69) is 228 Å². The molecule has 1 aliphatic carbocycles. The Morgan fingerprint density at radius 3 is 1.63 bits per heavy atom. The van der Waals surface area contributed by atoms with Crippen molar-refractivity contribution in [1.29, 1.82) is 5.53 Å². The lowest BCUT2D eigenvalue weighted by atomic mass is 9.73. The molecule has 0 radical (unpaired) electrons. The number of aliphatic hydroxyl groups is 1. The van der Waals surface area contributed by atoms with Gasteiger partial charge >= 0.3 is 0 Å². The highest BCUT2D eigenvalue weighted by molar-refractivity contribution is 5.65. The van der Waals surface area contributed by atoms with Crippen molar-refractivity contribution in [2.75, 3.05) is 29.4 Å². The molecule has 1 atom stereocenters. The summed E-state index contributed by atoms with van der Waals surface area (Å²) in [6.45, 7) is 5.96. The van der Waals surface area contributed by atoms with Crippen LogP contribution in [0.2, 0.25) is 0 Å². The first-order chi connectivity index (χ1) is 33.5. The number of para-hydroxylation sites is 1. The number of anilines is 3. The van der Waals surface area contributed by atoms with E-state index in [-0.39, 0.29) is 36.6 Å². The molecule has 0 bridgehead atoms. The number of hydrogen-bond acceptors (Lipinski definition) is 8. The lowest BCUT2D eigenvalue weighted by Crippen LogP contribution is -2.45. The predicted molar refractivity (Wildman–Crippen MR) is 291 cm³/mol. The molecule has 3 aliphatic rings. The number of fused-ring (bicyclic) bond motifs is 2. The van der Waals surface area contributed by atoms with E-state index in [9.17, 15) is 5.11 Å². The molecule has 12 heteroatoms. The van der Waals surface area contributed by atoms with Gasteiger partial charge in [0.2, 0.25) is 0 Å². The first-order valence-electron chi connectivity index (χ1n) is 20.8. The van der Waals surface area contributed by atoms with Gasteiger partial charge < -0.3 is 20.6 Å². The van der Waals surface area contributed by atoms with Crippen molar-refractivity contribution in [2.45, 2.75) is 65.0 Å². The minimum absolute atomic E-state index is 0. The van der Waals surface area contributed by atoms with Crippen LogP contribution in [0.5, 0.6) is 0 Å². The molecule has 2 aliphatic heterocycles. The Kier molecular flexibility index (Phi) is 22.6. The third kappa shape index (κ3) is 16.7. The van der Waals surface area contributed by atoms with Crippen LogP contribution < -0.4 is 15.5 Å². The number of aliphatic hydroxyl groups excluding tert-OH is 1. The summed E-state index contributed by atoms with van der Waals surface area (Å²) in [5, 5.41) is 19.4. The fourth-order valence-corrected chi connectivity index (χ4v) is 7.16. The summed E-state index contributed by atoms with van der Waals surface area (Å²) in [6.07, 6.45) is 8.37. The van der Waals surface area contributed by atoms with Gasteiger partial charge in [-0.1, -0.05) is 54.3 Å². The number of nitrogens with two attached hydrogens (primary N) is 1. The van der Waals surface area contributed by atoms with Crippen molar-refractivity contribution >= 4 is 17.3 Å². The molecule has 12 nitrogen and oxygen atoms in total. The lowest BCUT2D eigenvalue weighted by Gasteiger charge is -2.43. The molecular weight excluding hydrogens is 845 g/mol. The summed E-state index contributed by atoms with van der Waals surface area (Å²) in [7, 11) is 0. The highest BCUT2D eigenvalue weighted by Crippen LogP contribution is 2.51. The van der Waals surface area contributed by atoms with Crippen LogP contribution in [0.15, 0.2) is 75.7 Å². The van der Waals surface area contributed by atoms with E-state index in [4.69, 9.17) is 26.1 Å². The minimum atomic E-state index is -0.113. The van der Waals surface area contributed by atoms with Crippen LogP contribution in [-0.2, 0) is 19.4 Å². The van der Waals surface area contributed by atoms with Crippen molar-refractivity contribution < 1.29 is 23.7 Å². The number of nitrogens with one attached hydrogen (secondary N) is 1. The molecular formula is C56H66N10O2. The van der Waals surface area contributed by atoms with Gasteiger partial charge in [-0.2, -0.15) is 5.53 Å². The number of nitrogens with zero attached hydrogens (tertiary/aromatic N) is 8. The van der Waals surface area contributed by atoms with E-state index in [1.165, 1.54) is 28.8 Å². The summed E-state index contributed by atoms with van der Waals surface area (Å²) in [5.41, 5.74) is 18.7. The molecule has 3 heterocycles. The average molecular weight is 911 g/mol. The number of rotatable bonds is 5. The Labute approximate surface area is 418 Å². The zero-order chi connectivity index (χ0) is 48.3. The normalized spacial score (nSPS) is 13.0. The van der Waals surface area contributed by atoms with Gasteiger partial charge in [-0.3, -0.25) is 0 Å². The van der Waals surface area contributed by atoms with E-state index in [1.807, 2.05) is 11.5 Å². The first kappa shape index (κ1) is 50.8. The van der Waals surface area contributed by atoms with Crippen LogP contribution in [0.4, 0.5) is 17.3 Å². The van der Waals surface area contributed by atoms with Crippen LogP contribution in [0.3, 0.4) is 0 Å². The molecule has 0 saturated carbocycles. The first-order valence-corrected chi connectivity index (χ1v) is 20.8. The van der Waals surface area contributed by atoms with Gasteiger partial charge in [-0.25, -0.2) is 9.97 Å². The van der Waals surface area contributed by atoms with Gasteiger partial charge in [-0.05, 0) is 186 Å². The largest absolute Gasteiger partial charge is 0.390 e. The quantitative estimate of drug-likeness (QED) is 0.0991. The van der Waals surface area contributed by atoms with E-state index in [1.54, 1.807) is 13.8 Å². The second-order valence-electron chi connectivity index (χ2n) is 14.0. The second-order valence-corrected chi connectivity index (χ2v) is 14.0. The number of nitroso groups, excluding NO2 is 1. The Balaban J connectivity index is -0.000000125. The van der Waals surface area contributed by atoms with Crippen molar-refractivity contribution in [1.82, 2.24) is 9.97 Å². The van der Waals surface area contributed by atoms with Gasteiger partial charge in [0.05, 0.1) is 12.8 Å². The molecule has 3 aromatic rings. The van der Waals surface area contributed by atoms with Crippen LogP contribution in [-0.4, -0.2) is 34.7 Å². The molecule has 68 heavy (non-hydrogen) atoms. The molecule has 0 amide bonds. The Morgan fingerprint density at radius 1 is 0.691 bits per heavy atom. The van der Waals surface area contributed by atoms with Crippen LogP contribution in [0, 0.1) is 170 Å². The number of aromatic nitrogens is 2. The fourth-order valence-electron chi connectivity index (χ4n) is 7.16. The average Bonchev–Trinajstić information content (AvgIpc) is 3.48. The van der Waals surface area contributed by atoms with Gasteiger partial charge in [0.1, 0.15) is 11.0 Å². The van der Waals surface area contributed by atoms with Crippen molar-refractivity contribution in [2.24, 2.45) is 32.1 Å². The SMILES string of the molecule is CC#CC#CC#CC#CC#CC#CC#CC#CC#CC#CC#CC#CC#CC.N=N/N=N/N=O.N[C@@H]1c2ccccc2CC12CCN(c1ncc(N3CCCCc4ccccc43)nc1CO)CC2.[HH].[HH].[HH].[HH].[HH].[HH].[HH].[HH].[HH].[HH].[HH].[HH].[HH]. The van der Waals surface area contributed by atoms with Crippen molar-refractivity contribution in [3.63, 3.8) is 0 Å². The molecule has 6 rings (SSSR count). The number of benzene rings is 2. The third-order valence-electron chi connectivity index (χ3n) is 10.1. The van der Waals surface area contributed by atoms with E-state index in [0.29, 0.717) is 5.69 Å². The van der Waals surface area contributed by atoms with Crippen molar-refractivity contribution in [3.05, 3.63) is 82.0 Å². The predicted octanol–water partition coefficient (Wildman–Crippen LogP) is 9.62. The minimum Gasteiger partial charge on any atom is -0.390 e. The van der Waals surface area contributed by atoms with E-state index in [0.717, 1.165) is 63.4 Å². The smallest absolute Gasteiger partial charge is 0.152 e. The van der Waals surface area contributed by atoms with E-state index < -0.39 is 0 Å². The molecule has 2 aromatic carbocycles. The number of aryl methyl sites for hydroxylation is 1. The van der Waals surface area contributed by atoms with Crippen molar-refractivity contribution in [3.8, 4) is 154 Å². The topological polar surface area (TPSA) is 169 Å². The van der Waals surface area contributed by atoms with Gasteiger partial charge in [0, 0.05) is 102 Å². The monoisotopic (exact) mass is 911 g/mol. The number of hydrogen-bond donors (Lipinski definition) is 3. The standard InChI is InChI=1S/C28H33N5O.C28H6.HN5O.13H2/c29-26-22-10-3-1-9-21(22)17-28(26)12-15-32(16-13-28)27-23(19-34)31-25(18-30-27)33-14-6-5-8-20-7-2-4-11-24(20)33;1-3-5-7-9-11-13-15-17-19-21-23-25-27-28-26-24-22-20-18-16-14-12-10-8-6-4-2;1-2-3-4-5-6;;;;;;;;;;;;;/h1-4,7,9-11,18,26,34H,5-6,8,12-17,19,29H2;1-2H3;1H;13*1H/b;;2-1?,4-3+;;;;;;;;;;;;;/t26-;;;;;;;;;;;;;;;/m1.............../s1. The number of piperidine rings is 1. The molecule has 1 fully saturated rings. The fraction of sp³-hybridized carbons (Fsp3) is 0.250. The summed E-state index contributed by atoms with van der Waals surface area (Å²) in [4.78, 5) is 23.2. The lowest BCUT2D eigenvalue weighted by molar-refractivity contribution is 0.186. The molecule has 352 valence electrons. The molecule has 1 spiro atoms. The third-order valence-corrected chi connectivity index (χ3v) is 10.1. The van der Waals surface area contributed by atoms with Gasteiger partial charge in [0.25, 0.3) is 0 Å². The molecule has 0 unspecified atom stereocenters. The maximum atomic E-state index is 10.2. The Hall–Kier alpha value is -9.88. The maximum absolute atomic E-state index is 10.2. The summed E-state index contributed by atoms with van der Waals surface area (Å²) >= 11 is 0. The Bertz CT molecular complexity index is 3170. The van der Waals surface area contributed by atoms with Gasteiger partial charge in [-0.15, -0.1) is 4.91 Å². The summed E-state index contributed by atoms with van der Waals surface area (Å²) < 4.78 is 0. The molecule has 4 N–H and O–H groups in total. The highest BCUT2D eigenvalue weighted by atomic mass is 16.3. The van der Waals surface area contributed by atoms with Crippen LogP contribution in [0.1, 0.15) is 86.5 Å². The molecule has 1 aromatic heterocycles. The maximum Gasteiger partial charge on any atom is 0.152 e. The highest BCUT2D eigenvalue weighted by Gasteiger charge is 2.46. The van der Waals surface area contributed by atoms with E-state index >= 15 is 0 Å². The van der Waals surface area contributed by atoms with Gasteiger partial charge in [0.15, 0.2) is 11.6 Å². The Morgan fingerprint density at radius 2 is 1.18 bits per heavy atom. The van der Waals surface area contributed by atoms with Crippen LogP contribution in [0.25, 0.3) is 0 Å².